The van der Waals surface area contributed by atoms with Gasteiger partial charge < -0.3 is 29.4 Å². The van der Waals surface area contributed by atoms with Crippen LogP contribution in [-0.2, 0) is 0 Å². The highest BCUT2D eigenvalue weighted by Crippen LogP contribution is 2.40. The van der Waals surface area contributed by atoms with Gasteiger partial charge in [0.1, 0.15) is 0 Å². The summed E-state index contributed by atoms with van der Waals surface area (Å²) in [6, 6.07) is 16.3. The lowest BCUT2D eigenvalue weighted by Gasteiger charge is -2.15. The average Bonchev–Trinajstić information content (AvgIpc) is 2.88. The van der Waals surface area contributed by atoms with Gasteiger partial charge in [0, 0.05) is 24.1 Å². The summed E-state index contributed by atoms with van der Waals surface area (Å²) in [7, 11) is 6.16. The number of methoxy groups -OCH3 is 4. The molecule has 3 aromatic carbocycles. The van der Waals surface area contributed by atoms with E-state index in [0.717, 1.165) is 11.1 Å². The van der Waals surface area contributed by atoms with Gasteiger partial charge in [0.25, 0.3) is 0 Å². The van der Waals surface area contributed by atoms with E-state index in [1.807, 2.05) is 48.6 Å². The molecule has 3 aromatic rings. The van der Waals surface area contributed by atoms with Gasteiger partial charge in [0.2, 0.25) is 5.75 Å². The van der Waals surface area contributed by atoms with E-state index >= 15 is 0 Å². The number of phenols is 1. The molecule has 0 atom stereocenters. The molecular formula is C27H29NO6. The summed E-state index contributed by atoms with van der Waals surface area (Å²) in [5.74, 6) is 1.91. The summed E-state index contributed by atoms with van der Waals surface area (Å²) in [6.45, 7) is 0.347. The third kappa shape index (κ3) is 5.61. The van der Waals surface area contributed by atoms with Crippen LogP contribution in [0.2, 0.25) is 0 Å². The zero-order chi connectivity index (χ0) is 24.5. The van der Waals surface area contributed by atoms with Gasteiger partial charge in [-0.3, -0.25) is 4.79 Å². The van der Waals surface area contributed by atoms with Crippen molar-refractivity contribution in [2.24, 2.45) is 0 Å². The fourth-order valence-electron chi connectivity index (χ4n) is 3.53. The lowest BCUT2D eigenvalue weighted by Crippen LogP contribution is -2.10. The number of benzene rings is 3. The van der Waals surface area contributed by atoms with Crippen molar-refractivity contribution in [2.45, 2.75) is 6.42 Å². The molecule has 7 nitrogen and oxygen atoms in total. The Bertz CT molecular complexity index is 1130. The molecule has 0 radical (unpaired) electrons. The van der Waals surface area contributed by atoms with Crippen molar-refractivity contribution < 1.29 is 28.8 Å². The molecular weight excluding hydrogens is 434 g/mol. The number of hydrogen-bond donors (Lipinski definition) is 2. The normalized spacial score (nSPS) is 10.7. The molecule has 0 saturated heterocycles. The van der Waals surface area contributed by atoms with Crippen molar-refractivity contribution in [2.75, 3.05) is 40.3 Å². The van der Waals surface area contributed by atoms with Gasteiger partial charge in [-0.15, -0.1) is 0 Å². The SMILES string of the molecule is COc1ccc(/C=C\c2cc(OC)c(OC)c(OC)c2)c(NCCC(=O)c2ccccc2)c1O. The third-order valence-electron chi connectivity index (χ3n) is 5.29. The zero-order valence-electron chi connectivity index (χ0n) is 19.8. The van der Waals surface area contributed by atoms with E-state index in [0.29, 0.717) is 40.8 Å². The summed E-state index contributed by atoms with van der Waals surface area (Å²) in [5.41, 5.74) is 2.67. The van der Waals surface area contributed by atoms with Crippen LogP contribution in [-0.4, -0.2) is 45.9 Å². The molecule has 0 aromatic heterocycles. The van der Waals surface area contributed by atoms with Crippen LogP contribution in [0.4, 0.5) is 5.69 Å². The van der Waals surface area contributed by atoms with Crippen LogP contribution >= 0.6 is 0 Å². The number of hydrogen-bond acceptors (Lipinski definition) is 7. The Labute approximate surface area is 199 Å². The van der Waals surface area contributed by atoms with E-state index in [9.17, 15) is 9.90 Å². The first-order valence-corrected chi connectivity index (χ1v) is 10.7. The molecule has 2 N–H and O–H groups in total. The van der Waals surface area contributed by atoms with Gasteiger partial charge in [-0.25, -0.2) is 0 Å². The maximum atomic E-state index is 12.4. The first-order chi connectivity index (χ1) is 16.5. The van der Waals surface area contributed by atoms with Gasteiger partial charge in [0.05, 0.1) is 34.1 Å². The van der Waals surface area contributed by atoms with E-state index in [-0.39, 0.29) is 18.0 Å². The molecule has 0 amide bonds. The maximum Gasteiger partial charge on any atom is 0.203 e. The summed E-state index contributed by atoms with van der Waals surface area (Å²) >= 11 is 0. The van der Waals surface area contributed by atoms with Gasteiger partial charge in [-0.2, -0.15) is 0 Å². The third-order valence-corrected chi connectivity index (χ3v) is 5.29. The molecule has 34 heavy (non-hydrogen) atoms. The summed E-state index contributed by atoms with van der Waals surface area (Å²) < 4.78 is 21.5. The molecule has 0 aliphatic heterocycles. The van der Waals surface area contributed by atoms with E-state index in [1.54, 1.807) is 39.5 Å². The summed E-state index contributed by atoms with van der Waals surface area (Å²) in [4.78, 5) is 12.4. The highest BCUT2D eigenvalue weighted by atomic mass is 16.5. The largest absolute Gasteiger partial charge is 0.503 e. The van der Waals surface area contributed by atoms with Crippen LogP contribution in [0, 0.1) is 0 Å². The van der Waals surface area contributed by atoms with Crippen molar-refractivity contribution in [3.8, 4) is 28.7 Å². The molecule has 0 aliphatic carbocycles. The average molecular weight is 464 g/mol. The van der Waals surface area contributed by atoms with Crippen molar-refractivity contribution >= 4 is 23.6 Å². The molecule has 0 spiro atoms. The monoisotopic (exact) mass is 463 g/mol. The van der Waals surface area contributed by atoms with Crippen LogP contribution in [0.3, 0.4) is 0 Å². The number of aromatic hydroxyl groups is 1. The van der Waals surface area contributed by atoms with Gasteiger partial charge in [-0.1, -0.05) is 42.5 Å². The molecule has 0 heterocycles. The Morgan fingerprint density at radius 2 is 1.50 bits per heavy atom. The Balaban J connectivity index is 1.85. The second-order valence-electron chi connectivity index (χ2n) is 7.34. The van der Waals surface area contributed by atoms with Crippen LogP contribution in [0.25, 0.3) is 12.2 Å². The number of Topliss-reactive ketones (excluding diaryl/α,β-unsaturated/α-hetero) is 1. The smallest absolute Gasteiger partial charge is 0.203 e. The minimum Gasteiger partial charge on any atom is -0.503 e. The predicted molar refractivity (Wildman–Crippen MR) is 134 cm³/mol. The molecule has 0 aliphatic rings. The van der Waals surface area contributed by atoms with E-state index in [2.05, 4.69) is 5.32 Å². The Hall–Kier alpha value is -4.13. The first-order valence-electron chi connectivity index (χ1n) is 10.7. The number of ketones is 1. The van der Waals surface area contributed by atoms with E-state index < -0.39 is 0 Å². The summed E-state index contributed by atoms with van der Waals surface area (Å²) in [6.07, 6.45) is 3.99. The van der Waals surface area contributed by atoms with Crippen molar-refractivity contribution in [1.82, 2.24) is 0 Å². The predicted octanol–water partition coefficient (Wildman–Crippen LogP) is 5.28. The van der Waals surface area contributed by atoms with Crippen molar-refractivity contribution in [1.29, 1.82) is 0 Å². The number of rotatable bonds is 11. The standard InChI is InChI=1S/C27H29NO6/c1-31-22-13-12-20(11-10-18-16-23(32-2)27(34-4)24(17-18)33-3)25(26(22)30)28-15-14-21(29)19-8-6-5-7-9-19/h5-13,16-17,28,30H,14-15H2,1-4H3/b11-10-. The second-order valence-corrected chi connectivity index (χ2v) is 7.34. The fraction of sp³-hybridized carbons (Fsp3) is 0.222. The van der Waals surface area contributed by atoms with Gasteiger partial charge in [-0.05, 0) is 29.8 Å². The number of nitrogens with one attached hydrogen (secondary N) is 1. The number of phenolic OH excluding ortho intramolecular Hbond substituents is 1. The van der Waals surface area contributed by atoms with Gasteiger partial charge in [0.15, 0.2) is 28.8 Å². The highest BCUT2D eigenvalue weighted by Gasteiger charge is 2.14. The van der Waals surface area contributed by atoms with Crippen molar-refractivity contribution in [3.63, 3.8) is 0 Å². The molecule has 3 rings (SSSR count). The zero-order valence-corrected chi connectivity index (χ0v) is 19.8. The topological polar surface area (TPSA) is 86.3 Å². The van der Waals surface area contributed by atoms with Gasteiger partial charge >= 0.3 is 0 Å². The highest BCUT2D eigenvalue weighted by molar-refractivity contribution is 5.96. The molecule has 178 valence electrons. The lowest BCUT2D eigenvalue weighted by atomic mass is 10.1. The maximum absolute atomic E-state index is 12.4. The fourth-order valence-corrected chi connectivity index (χ4v) is 3.53. The van der Waals surface area contributed by atoms with Crippen LogP contribution < -0.4 is 24.3 Å². The molecule has 0 fully saturated rings. The second kappa shape index (κ2) is 11.7. The Kier molecular flexibility index (Phi) is 8.40. The number of carbonyl (C=O) groups is 1. The Morgan fingerprint density at radius 3 is 2.09 bits per heavy atom. The minimum atomic E-state index is -0.0262. The van der Waals surface area contributed by atoms with Crippen LogP contribution in [0.15, 0.2) is 54.6 Å². The van der Waals surface area contributed by atoms with Crippen LogP contribution in [0.1, 0.15) is 27.9 Å². The molecule has 0 bridgehead atoms. The van der Waals surface area contributed by atoms with E-state index in [1.165, 1.54) is 7.11 Å². The summed E-state index contributed by atoms with van der Waals surface area (Å²) in [5, 5.41) is 13.9. The molecule has 7 heteroatoms. The van der Waals surface area contributed by atoms with Crippen molar-refractivity contribution in [3.05, 3.63) is 71.3 Å². The van der Waals surface area contributed by atoms with E-state index in [4.69, 9.17) is 18.9 Å². The molecule has 0 saturated carbocycles. The number of carbonyl (C=O) groups excluding carboxylic acids is 1. The Morgan fingerprint density at radius 1 is 0.853 bits per heavy atom. The first kappa shape index (κ1) is 24.5. The molecule has 0 unspecified atom stereocenters. The minimum absolute atomic E-state index is 0.0185. The number of anilines is 1. The van der Waals surface area contributed by atoms with Crippen LogP contribution in [0.5, 0.6) is 28.7 Å². The quantitative estimate of drug-likeness (QED) is 0.227. The lowest BCUT2D eigenvalue weighted by molar-refractivity contribution is 0.0986. The number of ether oxygens (including phenoxy) is 4.